The second-order valence-corrected chi connectivity index (χ2v) is 17.1. The number of hydrogen-bond acceptors (Lipinski definition) is 6. The molecule has 1 aromatic heterocycles. The van der Waals surface area contributed by atoms with Gasteiger partial charge in [0.1, 0.15) is 5.75 Å². The van der Waals surface area contributed by atoms with Crippen molar-refractivity contribution in [3.63, 3.8) is 0 Å². The fourth-order valence-corrected chi connectivity index (χ4v) is 10.4. The molecule has 4 unspecified atom stereocenters. The van der Waals surface area contributed by atoms with E-state index in [1.54, 1.807) is 27.0 Å². The summed E-state index contributed by atoms with van der Waals surface area (Å²) in [7, 11) is -2.12. The van der Waals surface area contributed by atoms with E-state index in [0.29, 0.717) is 37.7 Å². The molecule has 10 heteroatoms. The summed E-state index contributed by atoms with van der Waals surface area (Å²) < 4.78 is 42.1. The molecule has 2 aromatic carbocycles. The average molecular weight is 674 g/mol. The Morgan fingerprint density at radius 2 is 1.77 bits per heavy atom. The van der Waals surface area contributed by atoms with Gasteiger partial charge in [0.05, 0.1) is 48.8 Å². The molecule has 256 valence electrons. The first-order valence-electron chi connectivity index (χ1n) is 18.0. The van der Waals surface area contributed by atoms with Crippen LogP contribution in [0, 0.1) is 5.41 Å². The molecule has 2 amide bonds. The second-order valence-electron chi connectivity index (χ2n) is 15.0. The molecular formula is C38H47N3O6S. The molecule has 5 aliphatic rings. The molecule has 2 aliphatic carbocycles. The van der Waals surface area contributed by atoms with Gasteiger partial charge in [0.2, 0.25) is 15.9 Å². The van der Waals surface area contributed by atoms with Crippen LogP contribution in [0.4, 0.5) is 0 Å². The van der Waals surface area contributed by atoms with Gasteiger partial charge in [0.15, 0.2) is 0 Å². The minimum Gasteiger partial charge on any atom is -0.497 e. The van der Waals surface area contributed by atoms with Gasteiger partial charge in [-0.1, -0.05) is 32.3 Å². The topological polar surface area (TPSA) is 107 Å². The van der Waals surface area contributed by atoms with E-state index in [0.717, 1.165) is 72.0 Å². The van der Waals surface area contributed by atoms with Crippen molar-refractivity contribution in [2.24, 2.45) is 5.41 Å². The quantitative estimate of drug-likeness (QED) is 0.307. The number of carbonyl (C=O) groups excluding carboxylic acids is 2. The van der Waals surface area contributed by atoms with E-state index in [4.69, 9.17) is 9.47 Å². The van der Waals surface area contributed by atoms with Gasteiger partial charge in [0, 0.05) is 34.5 Å². The second kappa shape index (κ2) is 11.9. The van der Waals surface area contributed by atoms with E-state index in [1.807, 2.05) is 18.2 Å². The molecule has 3 aliphatic heterocycles. The number of nitrogens with one attached hydrogen (secondary N) is 1. The number of fused-ring (bicyclic) bond motifs is 9. The molecule has 2 bridgehead atoms. The summed E-state index contributed by atoms with van der Waals surface area (Å²) in [6.45, 7) is 5.10. The smallest absolute Gasteiger partial charge is 0.264 e. The Hall–Kier alpha value is -3.37. The monoisotopic (exact) mass is 673 g/mol. The Kier molecular flexibility index (Phi) is 7.90. The fourth-order valence-electron chi connectivity index (χ4n) is 9.35. The van der Waals surface area contributed by atoms with Crippen molar-refractivity contribution in [3.05, 3.63) is 53.1 Å². The van der Waals surface area contributed by atoms with Crippen LogP contribution >= 0.6 is 0 Å². The largest absolute Gasteiger partial charge is 0.497 e. The fraction of sp³-hybridized carbons (Fsp3) is 0.579. The molecule has 8 rings (SSSR count). The van der Waals surface area contributed by atoms with Crippen LogP contribution < -0.4 is 9.46 Å². The van der Waals surface area contributed by atoms with Crippen LogP contribution in [0.15, 0.2) is 36.4 Å². The van der Waals surface area contributed by atoms with Crippen LogP contribution in [0.5, 0.6) is 5.75 Å². The number of amides is 2. The zero-order valence-corrected chi connectivity index (χ0v) is 29.1. The molecule has 48 heavy (non-hydrogen) atoms. The highest BCUT2D eigenvalue weighted by atomic mass is 32.2. The Morgan fingerprint density at radius 3 is 2.48 bits per heavy atom. The first-order chi connectivity index (χ1) is 23.2. The zero-order chi connectivity index (χ0) is 33.4. The van der Waals surface area contributed by atoms with Crippen molar-refractivity contribution in [2.45, 2.75) is 114 Å². The maximum Gasteiger partial charge on any atom is 0.264 e. The van der Waals surface area contributed by atoms with Gasteiger partial charge in [0.25, 0.3) is 5.91 Å². The number of ether oxygens (including phenoxy) is 2. The van der Waals surface area contributed by atoms with Crippen LogP contribution in [-0.4, -0.2) is 67.4 Å². The lowest BCUT2D eigenvalue weighted by Gasteiger charge is -2.47. The molecule has 4 fully saturated rings. The summed E-state index contributed by atoms with van der Waals surface area (Å²) >= 11 is 0. The lowest BCUT2D eigenvalue weighted by atomic mass is 9.81. The minimum absolute atomic E-state index is 0.0555. The van der Waals surface area contributed by atoms with E-state index in [9.17, 15) is 13.2 Å². The lowest BCUT2D eigenvalue weighted by molar-refractivity contribution is -0.157. The standard InChI is InChI=1S/C38H47N3O6S/c1-4-23(2)48(44,45)39-36(42)25-13-15-30-33(17-25)40-22-38(37(43)41-26-11-8-12-27(41)21-47-20-26)19-32(38)31-18-28(46-3)14-16-29(31)35(40)34(30)24-9-6-5-7-10-24/h13-18,23-24,26-27,32H,4-12,19-22H2,1-3H3,(H,39,42)/t23?,26-,27?,32?,38?/m0/s1. The molecule has 9 nitrogen and oxygen atoms in total. The summed E-state index contributed by atoms with van der Waals surface area (Å²) in [6, 6.07) is 12.2. The van der Waals surface area contributed by atoms with Crippen molar-refractivity contribution in [1.82, 2.24) is 14.2 Å². The highest BCUT2D eigenvalue weighted by molar-refractivity contribution is 7.90. The first kappa shape index (κ1) is 31.9. The number of piperidine rings is 1. The van der Waals surface area contributed by atoms with Crippen LogP contribution in [0.1, 0.15) is 111 Å². The van der Waals surface area contributed by atoms with E-state index in [2.05, 4.69) is 26.3 Å². The summed E-state index contributed by atoms with van der Waals surface area (Å²) in [5.74, 6) is 0.803. The molecule has 0 spiro atoms. The van der Waals surface area contributed by atoms with Gasteiger partial charge in [-0.15, -0.1) is 0 Å². The minimum atomic E-state index is -3.81. The lowest BCUT2D eigenvalue weighted by Crippen LogP contribution is -2.59. The summed E-state index contributed by atoms with van der Waals surface area (Å²) in [5.41, 5.74) is 5.31. The Balaban J connectivity index is 1.32. The summed E-state index contributed by atoms with van der Waals surface area (Å²) in [5, 5.41) is 0.406. The number of hydrogen-bond donors (Lipinski definition) is 1. The molecule has 5 atom stereocenters. The Labute approximate surface area is 283 Å². The first-order valence-corrected chi connectivity index (χ1v) is 19.5. The predicted octanol–water partition coefficient (Wildman–Crippen LogP) is 6.49. The van der Waals surface area contributed by atoms with E-state index in [1.165, 1.54) is 24.8 Å². The SMILES string of the molecule is CCC(C)S(=O)(=O)NC(=O)c1ccc2c(C3CCCCC3)c3n(c2c1)CC1(C(=O)N2C4CCC[C@H]2COC4)CC1c1cc(OC)ccc1-3. The third-order valence-corrected chi connectivity index (χ3v) is 14.1. The molecule has 4 heterocycles. The van der Waals surface area contributed by atoms with Crippen molar-refractivity contribution >= 4 is 32.7 Å². The zero-order valence-electron chi connectivity index (χ0n) is 28.3. The molecule has 2 saturated carbocycles. The van der Waals surface area contributed by atoms with Gasteiger partial charge in [-0.05, 0) is 99.2 Å². The summed E-state index contributed by atoms with van der Waals surface area (Å²) in [6.07, 6.45) is 9.98. The number of benzene rings is 2. The number of sulfonamides is 1. The molecular weight excluding hydrogens is 627 g/mol. The van der Waals surface area contributed by atoms with Crippen LogP contribution in [0.2, 0.25) is 0 Å². The van der Waals surface area contributed by atoms with Gasteiger partial charge in [-0.25, -0.2) is 13.1 Å². The van der Waals surface area contributed by atoms with Crippen molar-refractivity contribution < 1.29 is 27.5 Å². The number of rotatable bonds is 7. The van der Waals surface area contributed by atoms with Gasteiger partial charge in [-0.3, -0.25) is 9.59 Å². The number of morpholine rings is 1. The number of carbonyl (C=O) groups is 2. The van der Waals surface area contributed by atoms with Crippen molar-refractivity contribution in [2.75, 3.05) is 20.3 Å². The number of methoxy groups -OCH3 is 1. The highest BCUT2D eigenvalue weighted by Crippen LogP contribution is 2.66. The Bertz CT molecular complexity index is 1870. The highest BCUT2D eigenvalue weighted by Gasteiger charge is 2.65. The third-order valence-electron chi connectivity index (χ3n) is 12.3. The van der Waals surface area contributed by atoms with Crippen LogP contribution in [0.3, 0.4) is 0 Å². The normalized spacial score (nSPS) is 27.3. The van der Waals surface area contributed by atoms with E-state index < -0.39 is 26.6 Å². The average Bonchev–Trinajstić information content (AvgIpc) is 3.76. The maximum atomic E-state index is 15.0. The van der Waals surface area contributed by atoms with Crippen LogP contribution in [0.25, 0.3) is 22.2 Å². The van der Waals surface area contributed by atoms with Crippen LogP contribution in [-0.2, 0) is 26.1 Å². The molecule has 0 radical (unpaired) electrons. The van der Waals surface area contributed by atoms with E-state index >= 15 is 4.79 Å². The number of aromatic nitrogens is 1. The van der Waals surface area contributed by atoms with Crippen molar-refractivity contribution in [1.29, 1.82) is 0 Å². The predicted molar refractivity (Wildman–Crippen MR) is 185 cm³/mol. The van der Waals surface area contributed by atoms with Crippen molar-refractivity contribution in [3.8, 4) is 17.0 Å². The summed E-state index contributed by atoms with van der Waals surface area (Å²) in [4.78, 5) is 30.7. The Morgan fingerprint density at radius 1 is 1.02 bits per heavy atom. The molecule has 2 saturated heterocycles. The number of nitrogens with zero attached hydrogens (tertiary/aromatic N) is 2. The molecule has 3 aromatic rings. The van der Waals surface area contributed by atoms with Gasteiger partial charge >= 0.3 is 0 Å². The van der Waals surface area contributed by atoms with E-state index in [-0.39, 0.29) is 23.9 Å². The molecule has 1 N–H and O–H groups in total. The van der Waals surface area contributed by atoms with Gasteiger partial charge in [-0.2, -0.15) is 0 Å². The third kappa shape index (κ3) is 4.99. The van der Waals surface area contributed by atoms with Gasteiger partial charge < -0.3 is 18.9 Å². The maximum absolute atomic E-state index is 15.0.